The van der Waals surface area contributed by atoms with Crippen LogP contribution in [-0.4, -0.2) is 41.7 Å². The smallest absolute Gasteiger partial charge is 0.262 e. The Morgan fingerprint density at radius 3 is 2.53 bits per heavy atom. The lowest BCUT2D eigenvalue weighted by molar-refractivity contribution is -0.117. The first-order valence-corrected chi connectivity index (χ1v) is 12.1. The number of nitriles is 1. The second kappa shape index (κ2) is 8.99. The number of hydrogen-bond donors (Lipinski definition) is 1. The third-order valence-electron chi connectivity index (χ3n) is 5.11. The van der Waals surface area contributed by atoms with Gasteiger partial charge in [-0.2, -0.15) is 10.4 Å². The Bertz CT molecular complexity index is 1320. The quantitative estimate of drug-likeness (QED) is 0.458. The second-order valence-corrected chi connectivity index (χ2v) is 10.1. The van der Waals surface area contributed by atoms with Gasteiger partial charge in [0.05, 0.1) is 22.9 Å². The van der Waals surface area contributed by atoms with Crippen LogP contribution in [-0.2, 0) is 14.6 Å². The number of amides is 1. The number of benzene rings is 2. The highest BCUT2D eigenvalue weighted by Gasteiger charge is 2.29. The summed E-state index contributed by atoms with van der Waals surface area (Å²) in [5, 5.41) is 17.5. The number of halogens is 1. The van der Waals surface area contributed by atoms with Gasteiger partial charge < -0.3 is 5.32 Å². The van der Waals surface area contributed by atoms with Crippen molar-refractivity contribution in [2.24, 2.45) is 0 Å². The molecule has 1 aliphatic heterocycles. The van der Waals surface area contributed by atoms with Crippen molar-refractivity contribution in [2.45, 2.75) is 12.5 Å². The lowest BCUT2D eigenvalue weighted by Crippen LogP contribution is -2.36. The van der Waals surface area contributed by atoms with Gasteiger partial charge in [0.2, 0.25) is 0 Å². The van der Waals surface area contributed by atoms with Gasteiger partial charge in [0.25, 0.3) is 5.91 Å². The molecule has 0 spiro atoms. The Morgan fingerprint density at radius 1 is 1.19 bits per heavy atom. The summed E-state index contributed by atoms with van der Waals surface area (Å²) in [6.07, 6.45) is 3.55. The fourth-order valence-corrected chi connectivity index (χ4v) is 5.31. The molecule has 3 aromatic rings. The molecule has 2 aromatic carbocycles. The topological polar surface area (TPSA) is 105 Å². The van der Waals surface area contributed by atoms with Crippen LogP contribution in [0.4, 0.5) is 0 Å². The third-order valence-corrected chi connectivity index (χ3v) is 7.13. The van der Waals surface area contributed by atoms with Crippen LogP contribution in [0.3, 0.4) is 0 Å². The number of aromatic nitrogens is 2. The summed E-state index contributed by atoms with van der Waals surface area (Å²) < 4.78 is 25.0. The van der Waals surface area contributed by atoms with Gasteiger partial charge in [0, 0.05) is 28.4 Å². The molecule has 0 saturated carbocycles. The molecule has 1 aliphatic rings. The van der Waals surface area contributed by atoms with Crippen LogP contribution in [0.25, 0.3) is 23.0 Å². The van der Waals surface area contributed by atoms with E-state index in [2.05, 4.69) is 10.4 Å². The van der Waals surface area contributed by atoms with E-state index in [0.29, 0.717) is 22.7 Å². The van der Waals surface area contributed by atoms with Crippen LogP contribution in [0.2, 0.25) is 5.02 Å². The zero-order valence-corrected chi connectivity index (χ0v) is 18.5. The number of rotatable bonds is 5. The van der Waals surface area contributed by atoms with Gasteiger partial charge in [-0.05, 0) is 36.8 Å². The Morgan fingerprint density at radius 2 is 1.91 bits per heavy atom. The highest BCUT2D eigenvalue weighted by atomic mass is 35.5. The molecule has 9 heteroatoms. The summed E-state index contributed by atoms with van der Waals surface area (Å²) in [4.78, 5) is 12.7. The molecular weight excluding hydrogens is 448 g/mol. The molecule has 0 bridgehead atoms. The van der Waals surface area contributed by atoms with E-state index in [4.69, 9.17) is 11.6 Å². The second-order valence-electron chi connectivity index (χ2n) is 7.46. The molecule has 2 heterocycles. The van der Waals surface area contributed by atoms with E-state index in [9.17, 15) is 18.5 Å². The first kappa shape index (κ1) is 21.8. The molecule has 162 valence electrons. The zero-order chi connectivity index (χ0) is 22.7. The Hall–Kier alpha value is -3.41. The van der Waals surface area contributed by atoms with Crippen molar-refractivity contribution in [2.75, 3.05) is 11.5 Å². The maximum Gasteiger partial charge on any atom is 0.262 e. The number of para-hydroxylation sites is 1. The summed E-state index contributed by atoms with van der Waals surface area (Å²) in [6, 6.07) is 18.0. The molecule has 1 N–H and O–H groups in total. The Labute approximate surface area is 190 Å². The van der Waals surface area contributed by atoms with Crippen LogP contribution in [0.5, 0.6) is 0 Å². The minimum absolute atomic E-state index is 0.0358. The number of hydrogen-bond acceptors (Lipinski definition) is 5. The van der Waals surface area contributed by atoms with Crippen molar-refractivity contribution in [3.8, 4) is 23.0 Å². The van der Waals surface area contributed by atoms with E-state index < -0.39 is 21.8 Å². The molecule has 32 heavy (non-hydrogen) atoms. The molecule has 7 nitrogen and oxygen atoms in total. The lowest BCUT2D eigenvalue weighted by atomic mass is 10.1. The van der Waals surface area contributed by atoms with Crippen LogP contribution in [0.1, 0.15) is 12.0 Å². The van der Waals surface area contributed by atoms with E-state index in [-0.39, 0.29) is 17.1 Å². The summed E-state index contributed by atoms with van der Waals surface area (Å²) in [7, 11) is -3.15. The van der Waals surface area contributed by atoms with E-state index in [1.807, 2.05) is 48.5 Å². The standard InChI is InChI=1S/C23H19ClN4O3S/c24-19-8-6-16(7-9-19)22-18(14-28(27-22)21-4-2-1-3-5-21)12-17(13-25)23(29)26-20-10-11-32(30,31)15-20/h1-9,12,14,20H,10-11,15H2,(H,26,29)/b17-12+/t20-/m1/s1. The van der Waals surface area contributed by atoms with Crippen LogP contribution in [0, 0.1) is 11.3 Å². The van der Waals surface area contributed by atoms with Crippen LogP contribution >= 0.6 is 11.6 Å². The van der Waals surface area contributed by atoms with E-state index in [1.165, 1.54) is 6.08 Å². The van der Waals surface area contributed by atoms with E-state index in [1.54, 1.807) is 23.0 Å². The monoisotopic (exact) mass is 466 g/mol. The summed E-state index contributed by atoms with van der Waals surface area (Å²) in [5.41, 5.74) is 2.62. The first-order valence-electron chi connectivity index (χ1n) is 9.89. The van der Waals surface area contributed by atoms with Crippen LogP contribution < -0.4 is 5.32 Å². The normalized spacial score (nSPS) is 17.6. The predicted octanol–water partition coefficient (Wildman–Crippen LogP) is 3.40. The highest BCUT2D eigenvalue weighted by Crippen LogP contribution is 2.27. The number of nitrogens with one attached hydrogen (secondary N) is 1. The minimum Gasteiger partial charge on any atom is -0.348 e. The number of nitrogens with zero attached hydrogens (tertiary/aromatic N) is 3. The van der Waals surface area contributed by atoms with Gasteiger partial charge in [-0.25, -0.2) is 13.1 Å². The molecule has 1 amide bonds. The minimum atomic E-state index is -3.15. The van der Waals surface area contributed by atoms with Gasteiger partial charge in [-0.15, -0.1) is 0 Å². The molecule has 4 rings (SSSR count). The summed E-state index contributed by atoms with van der Waals surface area (Å²) >= 11 is 6.01. The average molecular weight is 467 g/mol. The van der Waals surface area contributed by atoms with Crippen molar-refractivity contribution in [3.05, 3.63) is 77.0 Å². The molecule has 0 aliphatic carbocycles. The van der Waals surface area contributed by atoms with Crippen molar-refractivity contribution in [1.29, 1.82) is 5.26 Å². The summed E-state index contributed by atoms with van der Waals surface area (Å²) in [5.74, 6) is -0.683. The molecule has 1 fully saturated rings. The van der Waals surface area contributed by atoms with Gasteiger partial charge in [-0.1, -0.05) is 41.9 Å². The van der Waals surface area contributed by atoms with E-state index in [0.717, 1.165) is 11.3 Å². The SMILES string of the molecule is N#C/C(=C\c1cn(-c2ccccc2)nc1-c1ccc(Cl)cc1)C(=O)N[C@@H]1CCS(=O)(=O)C1. The molecule has 0 radical (unpaired) electrons. The van der Waals surface area contributed by atoms with Gasteiger partial charge in [-0.3, -0.25) is 4.79 Å². The van der Waals surface area contributed by atoms with Crippen molar-refractivity contribution in [3.63, 3.8) is 0 Å². The van der Waals surface area contributed by atoms with Crippen molar-refractivity contribution in [1.82, 2.24) is 15.1 Å². The zero-order valence-electron chi connectivity index (χ0n) is 16.9. The Balaban J connectivity index is 1.71. The summed E-state index contributed by atoms with van der Waals surface area (Å²) in [6.45, 7) is 0. The average Bonchev–Trinajstić information content (AvgIpc) is 3.35. The molecule has 1 atom stereocenters. The van der Waals surface area contributed by atoms with Gasteiger partial charge in [0.15, 0.2) is 9.84 Å². The maximum atomic E-state index is 12.7. The molecular formula is C23H19ClN4O3S. The largest absolute Gasteiger partial charge is 0.348 e. The predicted molar refractivity (Wildman–Crippen MR) is 123 cm³/mol. The van der Waals surface area contributed by atoms with E-state index >= 15 is 0 Å². The third kappa shape index (κ3) is 4.90. The van der Waals surface area contributed by atoms with Gasteiger partial charge >= 0.3 is 0 Å². The Kier molecular flexibility index (Phi) is 6.12. The van der Waals surface area contributed by atoms with Crippen molar-refractivity contribution < 1.29 is 13.2 Å². The fraction of sp³-hybridized carbons (Fsp3) is 0.174. The van der Waals surface area contributed by atoms with Crippen molar-refractivity contribution >= 4 is 33.4 Å². The molecule has 1 aromatic heterocycles. The number of carbonyl (C=O) groups is 1. The number of carbonyl (C=O) groups excluding carboxylic acids is 1. The fourth-order valence-electron chi connectivity index (χ4n) is 3.51. The highest BCUT2D eigenvalue weighted by molar-refractivity contribution is 7.91. The van der Waals surface area contributed by atoms with Crippen LogP contribution in [0.15, 0.2) is 66.4 Å². The first-order chi connectivity index (χ1) is 15.3. The maximum absolute atomic E-state index is 12.7. The van der Waals surface area contributed by atoms with Gasteiger partial charge in [0.1, 0.15) is 11.6 Å². The lowest BCUT2D eigenvalue weighted by Gasteiger charge is -2.09. The number of sulfone groups is 1. The molecule has 0 unspecified atom stereocenters. The molecule has 1 saturated heterocycles.